The molecule has 2 aromatic rings. The van der Waals surface area contributed by atoms with Gasteiger partial charge in [-0.05, 0) is 26.3 Å². The molecule has 0 bridgehead atoms. The molecule has 2 aromatic heterocycles. The number of hydrogen-bond donors (Lipinski definition) is 3. The molecule has 1 amide bonds. The molecule has 0 aromatic carbocycles. The Kier molecular flexibility index (Phi) is 7.40. The van der Waals surface area contributed by atoms with Gasteiger partial charge >= 0.3 is 11.9 Å². The average molecular weight is 440 g/mol. The number of nitrogen functional groups attached to an aromatic ring is 2. The van der Waals surface area contributed by atoms with E-state index in [-0.39, 0.29) is 38.8 Å². The van der Waals surface area contributed by atoms with Crippen LogP contribution in [0.4, 0.5) is 16.6 Å². The number of carbonyl (C=O) groups is 3. The first-order valence-electron chi connectivity index (χ1n) is 8.44. The number of thioether (sulfide) groups is 1. The highest BCUT2D eigenvalue weighted by atomic mass is 32.2. The number of esters is 2. The predicted octanol–water partition coefficient (Wildman–Crippen LogP) is 2.09. The molecule has 5 N–H and O–H groups in total. The van der Waals surface area contributed by atoms with Crippen LogP contribution in [0.15, 0.2) is 11.2 Å². The highest BCUT2D eigenvalue weighted by molar-refractivity contribution is 8.00. The van der Waals surface area contributed by atoms with Gasteiger partial charge in [0.1, 0.15) is 21.5 Å². The summed E-state index contributed by atoms with van der Waals surface area (Å²) in [5.41, 5.74) is 11.8. The van der Waals surface area contributed by atoms with Crippen molar-refractivity contribution in [3.8, 4) is 0 Å². The Bertz CT molecular complexity index is 926. The molecule has 156 valence electrons. The third-order valence-corrected chi connectivity index (χ3v) is 5.78. The van der Waals surface area contributed by atoms with Gasteiger partial charge in [-0.15, -0.1) is 11.3 Å². The fourth-order valence-electron chi connectivity index (χ4n) is 2.28. The van der Waals surface area contributed by atoms with Gasteiger partial charge in [0, 0.05) is 6.07 Å². The zero-order valence-corrected chi connectivity index (χ0v) is 17.9. The summed E-state index contributed by atoms with van der Waals surface area (Å²) in [7, 11) is 1.22. The van der Waals surface area contributed by atoms with Crippen LogP contribution in [0.5, 0.6) is 0 Å². The van der Waals surface area contributed by atoms with Crippen LogP contribution >= 0.6 is 23.1 Å². The minimum Gasteiger partial charge on any atom is -0.465 e. The van der Waals surface area contributed by atoms with Gasteiger partial charge in [0.2, 0.25) is 5.91 Å². The number of anilines is 3. The van der Waals surface area contributed by atoms with Gasteiger partial charge in [-0.1, -0.05) is 11.8 Å². The lowest BCUT2D eigenvalue weighted by molar-refractivity contribution is -0.115. The van der Waals surface area contributed by atoms with Crippen LogP contribution in [0.3, 0.4) is 0 Å². The summed E-state index contributed by atoms with van der Waals surface area (Å²) in [5.74, 6) is -1.30. The fraction of sp³-hybridized carbons (Fsp3) is 0.353. The largest absolute Gasteiger partial charge is 0.465 e. The lowest BCUT2D eigenvalue weighted by atomic mass is 10.1. The molecule has 1 unspecified atom stereocenters. The Labute approximate surface area is 175 Å². The van der Waals surface area contributed by atoms with Crippen LogP contribution in [0.25, 0.3) is 0 Å². The van der Waals surface area contributed by atoms with Crippen LogP contribution in [-0.2, 0) is 14.3 Å². The van der Waals surface area contributed by atoms with Gasteiger partial charge in [-0.25, -0.2) is 19.6 Å². The van der Waals surface area contributed by atoms with E-state index < -0.39 is 23.1 Å². The Morgan fingerprint density at radius 1 is 1.24 bits per heavy atom. The second kappa shape index (κ2) is 9.56. The van der Waals surface area contributed by atoms with Crippen LogP contribution in [0.1, 0.15) is 39.4 Å². The number of rotatable bonds is 7. The topological polar surface area (TPSA) is 160 Å². The van der Waals surface area contributed by atoms with E-state index >= 15 is 0 Å². The van der Waals surface area contributed by atoms with E-state index in [0.29, 0.717) is 5.56 Å². The number of thiophene rings is 1. The summed E-state index contributed by atoms with van der Waals surface area (Å²) in [6.45, 7) is 5.08. The molecule has 0 fully saturated rings. The number of nitrogens with two attached hydrogens (primary N) is 2. The summed E-state index contributed by atoms with van der Waals surface area (Å²) in [6.07, 6.45) is 0. The maximum Gasteiger partial charge on any atom is 0.348 e. The number of nitrogens with zero attached hydrogens (tertiary/aromatic N) is 2. The second-order valence-electron chi connectivity index (χ2n) is 5.72. The molecule has 1 atom stereocenters. The number of aromatic nitrogens is 2. The molecular formula is C17H21N5O5S2. The second-order valence-corrected chi connectivity index (χ2v) is 8.05. The molecule has 12 heteroatoms. The van der Waals surface area contributed by atoms with Crippen molar-refractivity contribution in [3.63, 3.8) is 0 Å². The van der Waals surface area contributed by atoms with Crippen LogP contribution in [0.2, 0.25) is 0 Å². The lowest BCUT2D eigenvalue weighted by Crippen LogP contribution is -2.23. The smallest absolute Gasteiger partial charge is 0.348 e. The van der Waals surface area contributed by atoms with E-state index in [1.54, 1.807) is 20.8 Å². The summed E-state index contributed by atoms with van der Waals surface area (Å²) >= 11 is 1.99. The predicted molar refractivity (Wildman–Crippen MR) is 111 cm³/mol. The summed E-state index contributed by atoms with van der Waals surface area (Å²) in [6, 6.07) is 1.41. The molecule has 2 heterocycles. The first kappa shape index (κ1) is 22.4. The minimum absolute atomic E-state index is 0.107. The summed E-state index contributed by atoms with van der Waals surface area (Å²) < 4.78 is 9.79. The number of hydrogen-bond acceptors (Lipinski definition) is 11. The Balaban J connectivity index is 2.26. The molecule has 0 saturated carbocycles. The number of ether oxygens (including phenoxy) is 2. The zero-order chi connectivity index (χ0) is 21.7. The van der Waals surface area contributed by atoms with Crippen molar-refractivity contribution in [2.24, 2.45) is 0 Å². The number of amides is 1. The molecular weight excluding hydrogens is 418 g/mol. The Morgan fingerprint density at radius 2 is 1.86 bits per heavy atom. The van der Waals surface area contributed by atoms with Crippen LogP contribution in [-0.4, -0.2) is 46.8 Å². The standard InChI is InChI=1S/C17H21N5O5S2/c1-5-27-16(25)12-7(2)11(15(24)26-4)14(29-12)22-13(23)8(3)28-17-20-9(18)6-10(19)21-17/h6,8H,5H2,1-4H3,(H,22,23)(H4,18,19,20,21). The molecule has 0 radical (unpaired) electrons. The molecule has 0 saturated heterocycles. The minimum atomic E-state index is -0.670. The Morgan fingerprint density at radius 3 is 2.41 bits per heavy atom. The highest BCUT2D eigenvalue weighted by Gasteiger charge is 2.28. The number of methoxy groups -OCH3 is 1. The third kappa shape index (κ3) is 5.35. The quantitative estimate of drug-likeness (QED) is 0.331. The van der Waals surface area contributed by atoms with E-state index in [4.69, 9.17) is 20.9 Å². The van der Waals surface area contributed by atoms with Gasteiger partial charge < -0.3 is 26.3 Å². The maximum atomic E-state index is 12.7. The third-order valence-electron chi connectivity index (χ3n) is 3.63. The lowest BCUT2D eigenvalue weighted by Gasteiger charge is -2.11. The van der Waals surface area contributed by atoms with E-state index in [0.717, 1.165) is 23.1 Å². The van der Waals surface area contributed by atoms with Crippen molar-refractivity contribution < 1.29 is 23.9 Å². The summed E-state index contributed by atoms with van der Waals surface area (Å²) in [4.78, 5) is 45.3. The van der Waals surface area contributed by atoms with E-state index in [9.17, 15) is 14.4 Å². The zero-order valence-electron chi connectivity index (χ0n) is 16.3. The number of nitrogens with one attached hydrogen (secondary N) is 1. The van der Waals surface area contributed by atoms with Crippen LogP contribution < -0.4 is 16.8 Å². The molecule has 10 nitrogen and oxygen atoms in total. The van der Waals surface area contributed by atoms with Gasteiger partial charge in [-0.2, -0.15) is 0 Å². The molecule has 0 aliphatic carbocycles. The number of carbonyl (C=O) groups excluding carboxylic acids is 3. The van der Waals surface area contributed by atoms with Crippen molar-refractivity contribution >= 4 is 57.6 Å². The van der Waals surface area contributed by atoms with Crippen molar-refractivity contribution in [2.45, 2.75) is 31.2 Å². The van der Waals surface area contributed by atoms with E-state index in [2.05, 4.69) is 15.3 Å². The van der Waals surface area contributed by atoms with Crippen molar-refractivity contribution in [1.29, 1.82) is 0 Å². The van der Waals surface area contributed by atoms with Crippen molar-refractivity contribution in [1.82, 2.24) is 9.97 Å². The van der Waals surface area contributed by atoms with E-state index in [1.165, 1.54) is 13.2 Å². The van der Waals surface area contributed by atoms with Crippen LogP contribution in [0, 0.1) is 6.92 Å². The Hall–Kier alpha value is -2.86. The fourth-order valence-corrected chi connectivity index (χ4v) is 4.17. The van der Waals surface area contributed by atoms with Crippen molar-refractivity contribution in [3.05, 3.63) is 22.1 Å². The van der Waals surface area contributed by atoms with Gasteiger partial charge in [-0.3, -0.25) is 4.79 Å². The molecule has 0 aliphatic heterocycles. The molecule has 29 heavy (non-hydrogen) atoms. The normalized spacial score (nSPS) is 11.6. The van der Waals surface area contributed by atoms with Gasteiger partial charge in [0.15, 0.2) is 5.16 Å². The van der Waals surface area contributed by atoms with E-state index in [1.807, 2.05) is 0 Å². The van der Waals surface area contributed by atoms with Gasteiger partial charge in [0.05, 0.1) is 24.5 Å². The average Bonchev–Trinajstić information content (AvgIpc) is 2.96. The molecule has 0 spiro atoms. The summed E-state index contributed by atoms with van der Waals surface area (Å²) in [5, 5.41) is 2.46. The molecule has 2 rings (SSSR count). The van der Waals surface area contributed by atoms with Gasteiger partial charge in [0.25, 0.3) is 0 Å². The maximum absolute atomic E-state index is 12.7. The first-order valence-corrected chi connectivity index (χ1v) is 10.1. The molecule has 0 aliphatic rings. The first-order chi connectivity index (χ1) is 13.7. The van der Waals surface area contributed by atoms with Crippen molar-refractivity contribution in [2.75, 3.05) is 30.5 Å². The monoisotopic (exact) mass is 439 g/mol. The SMILES string of the molecule is CCOC(=O)c1sc(NC(=O)C(C)Sc2nc(N)cc(N)n2)c(C(=O)OC)c1C. The highest BCUT2D eigenvalue weighted by Crippen LogP contribution is 2.35.